The smallest absolute Gasteiger partial charge is 0.328 e. The molecule has 0 aliphatic carbocycles. The molecule has 4 aromatic heterocycles. The zero-order chi connectivity index (χ0) is 21.5. The number of piperidine rings is 1. The highest BCUT2D eigenvalue weighted by molar-refractivity contribution is 5.80. The van der Waals surface area contributed by atoms with Crippen molar-refractivity contribution in [1.82, 2.24) is 34.0 Å². The summed E-state index contributed by atoms with van der Waals surface area (Å²) in [6, 6.07) is 5.22. The van der Waals surface area contributed by atoms with Gasteiger partial charge in [0.2, 0.25) is 5.91 Å². The predicted octanol–water partition coefficient (Wildman–Crippen LogP) is 0.462. The van der Waals surface area contributed by atoms with Crippen molar-refractivity contribution in [3.8, 4) is 17.5 Å². The second-order valence-corrected chi connectivity index (χ2v) is 7.44. The minimum absolute atomic E-state index is 0.262. The summed E-state index contributed by atoms with van der Waals surface area (Å²) in [4.78, 5) is 38.0. The molecule has 2 N–H and O–H groups in total. The van der Waals surface area contributed by atoms with Crippen molar-refractivity contribution in [2.45, 2.75) is 18.9 Å². The Labute approximate surface area is 175 Å². The highest BCUT2D eigenvalue weighted by Crippen LogP contribution is 2.26. The van der Waals surface area contributed by atoms with Crippen LogP contribution in [-0.4, -0.2) is 64.7 Å². The van der Waals surface area contributed by atoms with E-state index in [0.29, 0.717) is 53.1 Å². The molecular weight excluding hydrogens is 400 g/mol. The van der Waals surface area contributed by atoms with Crippen LogP contribution in [0, 0.1) is 11.3 Å². The Morgan fingerprint density at radius 3 is 3.06 bits per heavy atom. The number of pyridine rings is 1. The number of amides is 1. The molecule has 4 aromatic rings. The number of hydrogen-bond donors (Lipinski definition) is 2. The fourth-order valence-electron chi connectivity index (χ4n) is 4.10. The Bertz CT molecular complexity index is 1410. The van der Waals surface area contributed by atoms with Gasteiger partial charge in [0.1, 0.15) is 12.1 Å². The maximum absolute atomic E-state index is 12.7. The van der Waals surface area contributed by atoms with Crippen LogP contribution in [0.25, 0.3) is 28.1 Å². The van der Waals surface area contributed by atoms with Crippen LogP contribution in [0.1, 0.15) is 24.4 Å². The molecule has 31 heavy (non-hydrogen) atoms. The molecule has 1 amide bonds. The number of H-pyrrole nitrogens is 1. The van der Waals surface area contributed by atoms with Gasteiger partial charge in [-0.15, -0.1) is 0 Å². The van der Waals surface area contributed by atoms with Crippen LogP contribution in [0.3, 0.4) is 0 Å². The molecule has 5 rings (SSSR count). The number of hydrogen-bond acceptors (Lipinski definition) is 7. The number of aliphatic hydroxyl groups is 1. The third-order valence-electron chi connectivity index (χ3n) is 5.60. The van der Waals surface area contributed by atoms with E-state index in [4.69, 9.17) is 0 Å². The number of nitriles is 1. The van der Waals surface area contributed by atoms with Gasteiger partial charge in [-0.3, -0.25) is 9.36 Å². The number of nitrogens with one attached hydrogen (secondary N) is 1. The van der Waals surface area contributed by atoms with Crippen LogP contribution in [0.4, 0.5) is 0 Å². The molecule has 11 nitrogen and oxygen atoms in total. The van der Waals surface area contributed by atoms with Gasteiger partial charge in [-0.1, -0.05) is 0 Å². The van der Waals surface area contributed by atoms with E-state index in [1.807, 2.05) is 0 Å². The van der Waals surface area contributed by atoms with Crippen molar-refractivity contribution in [3.63, 3.8) is 0 Å². The van der Waals surface area contributed by atoms with Crippen molar-refractivity contribution in [1.29, 1.82) is 5.26 Å². The molecule has 11 heteroatoms. The van der Waals surface area contributed by atoms with E-state index in [0.717, 1.165) is 6.42 Å². The van der Waals surface area contributed by atoms with Crippen molar-refractivity contribution in [3.05, 3.63) is 46.8 Å². The van der Waals surface area contributed by atoms with Crippen LogP contribution in [-0.2, 0) is 4.79 Å². The topological polar surface area (TPSA) is 145 Å². The van der Waals surface area contributed by atoms with E-state index in [2.05, 4.69) is 26.1 Å². The summed E-state index contributed by atoms with van der Waals surface area (Å²) in [5.41, 5.74) is 2.42. The fraction of sp³-hybridized carbons (Fsp3) is 0.300. The summed E-state index contributed by atoms with van der Waals surface area (Å²) < 4.78 is 3.19. The first-order chi connectivity index (χ1) is 15.1. The average Bonchev–Trinajstić information content (AvgIpc) is 3.37. The molecule has 0 bridgehead atoms. The molecule has 1 atom stereocenters. The molecule has 0 aromatic carbocycles. The number of fused-ring (bicyclic) bond motifs is 2. The molecule has 1 aliphatic heterocycles. The number of rotatable bonds is 3. The molecule has 156 valence electrons. The molecule has 1 saturated heterocycles. The summed E-state index contributed by atoms with van der Waals surface area (Å²) in [5.74, 6) is 0.0250. The highest BCUT2D eigenvalue weighted by Gasteiger charge is 2.27. The van der Waals surface area contributed by atoms with E-state index >= 15 is 0 Å². The maximum Gasteiger partial charge on any atom is 0.328 e. The van der Waals surface area contributed by atoms with Gasteiger partial charge in [-0.2, -0.15) is 10.4 Å². The Morgan fingerprint density at radius 1 is 1.39 bits per heavy atom. The van der Waals surface area contributed by atoms with E-state index < -0.39 is 6.61 Å². The van der Waals surface area contributed by atoms with Crippen LogP contribution in [0.5, 0.6) is 0 Å². The number of nitrogens with zero attached hydrogens (tertiary/aromatic N) is 7. The minimum atomic E-state index is -0.554. The largest absolute Gasteiger partial charge is 0.387 e. The van der Waals surface area contributed by atoms with E-state index in [1.54, 1.807) is 44.7 Å². The average molecular weight is 418 g/mol. The lowest BCUT2D eigenvalue weighted by atomic mass is 10.1. The Hall–Kier alpha value is -4.04. The van der Waals surface area contributed by atoms with Gasteiger partial charge in [0.15, 0.2) is 11.5 Å². The van der Waals surface area contributed by atoms with Gasteiger partial charge < -0.3 is 15.0 Å². The monoisotopic (exact) mass is 418 g/mol. The van der Waals surface area contributed by atoms with E-state index in [-0.39, 0.29) is 17.6 Å². The maximum atomic E-state index is 12.7. The quantitative estimate of drug-likeness (QED) is 0.492. The number of aromatic nitrogens is 6. The Balaban J connectivity index is 1.61. The number of imidazole rings is 1. The van der Waals surface area contributed by atoms with Gasteiger partial charge in [0, 0.05) is 19.3 Å². The van der Waals surface area contributed by atoms with Crippen molar-refractivity contribution >= 4 is 22.6 Å². The van der Waals surface area contributed by atoms with Gasteiger partial charge in [0.25, 0.3) is 0 Å². The zero-order valence-corrected chi connectivity index (χ0v) is 16.4. The molecule has 0 radical (unpaired) electrons. The van der Waals surface area contributed by atoms with Crippen LogP contribution in [0.15, 0.2) is 35.5 Å². The van der Waals surface area contributed by atoms with Crippen molar-refractivity contribution in [2.75, 3.05) is 19.7 Å². The third-order valence-corrected chi connectivity index (χ3v) is 5.60. The normalized spacial score (nSPS) is 16.6. The number of aliphatic hydroxyl groups excluding tert-OH is 1. The van der Waals surface area contributed by atoms with Crippen LogP contribution in [0.2, 0.25) is 0 Å². The van der Waals surface area contributed by atoms with Gasteiger partial charge >= 0.3 is 5.69 Å². The highest BCUT2D eigenvalue weighted by atomic mass is 16.3. The van der Waals surface area contributed by atoms with Gasteiger partial charge in [-0.25, -0.2) is 19.3 Å². The first-order valence-corrected chi connectivity index (χ1v) is 9.83. The third kappa shape index (κ3) is 3.13. The van der Waals surface area contributed by atoms with Gasteiger partial charge in [0.05, 0.1) is 41.1 Å². The molecular formula is C20H18N8O3. The number of carbonyl (C=O) groups excluding carboxylic acids is 1. The van der Waals surface area contributed by atoms with Crippen molar-refractivity contribution in [2.24, 2.45) is 0 Å². The lowest BCUT2D eigenvalue weighted by molar-refractivity contribution is -0.135. The van der Waals surface area contributed by atoms with Crippen LogP contribution < -0.4 is 5.69 Å². The molecule has 0 saturated carbocycles. The second kappa shape index (κ2) is 7.33. The summed E-state index contributed by atoms with van der Waals surface area (Å²) in [6.45, 7) is 0.325. The number of aromatic amines is 1. The van der Waals surface area contributed by atoms with E-state index in [9.17, 15) is 20.0 Å². The molecule has 0 spiro atoms. The van der Waals surface area contributed by atoms with Crippen molar-refractivity contribution < 1.29 is 9.90 Å². The Morgan fingerprint density at radius 2 is 2.26 bits per heavy atom. The lowest BCUT2D eigenvalue weighted by Gasteiger charge is -2.32. The first kappa shape index (κ1) is 19.0. The second-order valence-electron chi connectivity index (χ2n) is 7.44. The lowest BCUT2D eigenvalue weighted by Crippen LogP contribution is -2.43. The van der Waals surface area contributed by atoms with Crippen LogP contribution >= 0.6 is 0 Å². The zero-order valence-electron chi connectivity index (χ0n) is 16.4. The predicted molar refractivity (Wildman–Crippen MR) is 109 cm³/mol. The SMILES string of the molecule is N#Cc1ccn2ncc(-c3ncc4[nH]c(=O)n([C@H]5CCCN(C(=O)CO)C5)c4n3)c2c1. The molecule has 5 heterocycles. The minimum Gasteiger partial charge on any atom is -0.387 e. The number of likely N-dealkylation sites (tertiary alicyclic amines) is 1. The van der Waals surface area contributed by atoms with E-state index in [1.165, 1.54) is 0 Å². The number of carbonyl (C=O) groups is 1. The fourth-order valence-corrected chi connectivity index (χ4v) is 4.10. The summed E-state index contributed by atoms with van der Waals surface area (Å²) in [7, 11) is 0. The molecule has 1 fully saturated rings. The summed E-state index contributed by atoms with van der Waals surface area (Å²) in [6.07, 6.45) is 6.29. The summed E-state index contributed by atoms with van der Waals surface area (Å²) in [5, 5.41) is 22.7. The Kier molecular flexibility index (Phi) is 4.48. The summed E-state index contributed by atoms with van der Waals surface area (Å²) >= 11 is 0. The van der Waals surface area contributed by atoms with Gasteiger partial charge in [-0.05, 0) is 25.0 Å². The molecule has 0 unspecified atom stereocenters. The molecule has 1 aliphatic rings. The standard InChI is InChI=1S/C20H18N8O3/c21-7-12-3-5-27-16(6-12)14(8-23-27)18-22-9-15-19(25-18)28(20(31)24-15)13-2-1-4-26(10-13)17(30)11-29/h3,5-6,8-9,13,29H,1-2,4,10-11H2,(H,24,31)/t13-/m0/s1. The first-order valence-electron chi connectivity index (χ1n) is 9.83.